The van der Waals surface area contributed by atoms with Gasteiger partial charge in [-0.05, 0) is 91.2 Å². The predicted molar refractivity (Wildman–Crippen MR) is 154 cm³/mol. The summed E-state index contributed by atoms with van der Waals surface area (Å²) in [5, 5.41) is 3.51. The molecule has 2 aromatic carbocycles. The van der Waals surface area contributed by atoms with Crippen LogP contribution in [0.15, 0.2) is 79.0 Å². The quantitative estimate of drug-likeness (QED) is 0.332. The molecular weight excluding hydrogens is 489 g/mol. The molecule has 0 amide bonds. The molecule has 2 aliphatic rings. The van der Waals surface area contributed by atoms with Crippen molar-refractivity contribution in [1.29, 1.82) is 0 Å². The third kappa shape index (κ3) is 4.66. The number of hydrogen-bond donors (Lipinski definition) is 2. The van der Waals surface area contributed by atoms with Crippen molar-refractivity contribution < 1.29 is 4.39 Å². The number of anilines is 1. The molecule has 2 saturated heterocycles. The third-order valence-corrected chi connectivity index (χ3v) is 7.79. The Labute approximate surface area is 227 Å². The number of nitrogens with two attached hydrogens (primary N) is 1. The number of hydrogen-bond acceptors (Lipinski definition) is 6. The van der Waals surface area contributed by atoms with Crippen molar-refractivity contribution >= 4 is 17.0 Å². The topological polar surface area (TPSA) is 84.9 Å². The summed E-state index contributed by atoms with van der Waals surface area (Å²) in [6.07, 6.45) is 1.67. The van der Waals surface area contributed by atoms with E-state index in [2.05, 4.69) is 39.5 Å². The monoisotopic (exact) mass is 521 g/mol. The molecule has 198 valence electrons. The summed E-state index contributed by atoms with van der Waals surface area (Å²) in [4.78, 5) is 16.7. The predicted octanol–water partition coefficient (Wildman–Crippen LogP) is 5.16. The van der Waals surface area contributed by atoms with Crippen LogP contribution in [0.3, 0.4) is 0 Å². The maximum absolute atomic E-state index is 13.5. The van der Waals surface area contributed by atoms with Crippen LogP contribution in [0.25, 0.3) is 39.5 Å². The molecule has 8 heteroatoms. The number of imidazole rings is 1. The highest BCUT2D eigenvalue weighted by molar-refractivity contribution is 5.84. The Morgan fingerprint density at radius 2 is 1.64 bits per heavy atom. The van der Waals surface area contributed by atoms with E-state index in [1.54, 1.807) is 18.3 Å². The largest absolute Gasteiger partial charge is 0.383 e. The highest BCUT2D eigenvalue weighted by Crippen LogP contribution is 2.32. The van der Waals surface area contributed by atoms with Gasteiger partial charge in [-0.15, -0.1) is 0 Å². The smallest absolute Gasteiger partial charge is 0.165 e. The zero-order valence-corrected chi connectivity index (χ0v) is 20.9. The van der Waals surface area contributed by atoms with Gasteiger partial charge in [0.1, 0.15) is 17.2 Å². The van der Waals surface area contributed by atoms with Gasteiger partial charge in [-0.1, -0.05) is 19.6 Å². The molecule has 5 heterocycles. The van der Waals surface area contributed by atoms with Gasteiger partial charge in [0.2, 0.25) is 0 Å². The molecule has 2 unspecified atom stereocenters. The van der Waals surface area contributed by atoms with E-state index in [9.17, 15) is 4.39 Å². The van der Waals surface area contributed by atoms with Gasteiger partial charge >= 0.3 is 0 Å². The SMILES string of the molecule is C.Nc1ncccc1-c1nc2ccc(-c3ccc(F)cc3)nc2n1-c1ccc(CN2CC3CNCC3C2)cc1. The molecule has 39 heavy (non-hydrogen) atoms. The summed E-state index contributed by atoms with van der Waals surface area (Å²) in [7, 11) is 0. The van der Waals surface area contributed by atoms with Crippen molar-refractivity contribution in [1.82, 2.24) is 29.7 Å². The number of pyridine rings is 2. The molecule has 0 aliphatic carbocycles. The second kappa shape index (κ2) is 10.2. The number of halogens is 1. The Balaban J connectivity index is 0.00000277. The first-order valence-corrected chi connectivity index (χ1v) is 13.0. The van der Waals surface area contributed by atoms with Crippen LogP contribution in [0.4, 0.5) is 10.2 Å². The number of nitrogens with one attached hydrogen (secondary N) is 1. The van der Waals surface area contributed by atoms with Gasteiger partial charge in [-0.25, -0.2) is 19.3 Å². The molecule has 0 radical (unpaired) electrons. The minimum absolute atomic E-state index is 0. The fraction of sp³-hybridized carbons (Fsp3) is 0.258. The van der Waals surface area contributed by atoms with Crippen LogP contribution in [0.2, 0.25) is 0 Å². The van der Waals surface area contributed by atoms with Crippen LogP contribution in [-0.2, 0) is 6.54 Å². The fourth-order valence-electron chi connectivity index (χ4n) is 5.86. The molecule has 7 rings (SSSR count). The van der Waals surface area contributed by atoms with Crippen LogP contribution in [0, 0.1) is 17.7 Å². The van der Waals surface area contributed by atoms with Crippen LogP contribution in [0.5, 0.6) is 0 Å². The van der Waals surface area contributed by atoms with Gasteiger partial charge in [0.15, 0.2) is 11.5 Å². The Kier molecular flexibility index (Phi) is 6.58. The first kappa shape index (κ1) is 25.2. The second-order valence-electron chi connectivity index (χ2n) is 10.3. The first-order chi connectivity index (χ1) is 18.6. The minimum atomic E-state index is -0.275. The van der Waals surface area contributed by atoms with Gasteiger partial charge in [-0.2, -0.15) is 0 Å². The maximum Gasteiger partial charge on any atom is 0.165 e. The summed E-state index contributed by atoms with van der Waals surface area (Å²) in [6.45, 7) is 5.55. The number of nitrogens with zero attached hydrogens (tertiary/aromatic N) is 5. The standard InChI is InChI=1S/C30H28FN7.CH4/c31-23-7-5-20(6-8-23)26-11-12-27-30(35-26)38(29(36-27)25-2-1-13-34-28(25)32)24-9-3-19(4-10-24)16-37-17-21-14-33-15-22(21)18-37;/h1-13,21-22,33H,14-18H2,(H2,32,34);1H4. The molecule has 3 N–H and O–H groups in total. The van der Waals surface area contributed by atoms with Crippen molar-refractivity contribution in [3.63, 3.8) is 0 Å². The number of fused-ring (bicyclic) bond motifs is 2. The average molecular weight is 522 g/mol. The first-order valence-electron chi connectivity index (χ1n) is 13.0. The summed E-state index contributed by atoms with van der Waals surface area (Å²) >= 11 is 0. The Morgan fingerprint density at radius 3 is 2.36 bits per heavy atom. The number of aromatic nitrogens is 4. The van der Waals surface area contributed by atoms with Crippen molar-refractivity contribution in [3.8, 4) is 28.3 Å². The number of nitrogen functional groups attached to an aromatic ring is 1. The molecule has 2 atom stereocenters. The molecule has 3 aromatic heterocycles. The molecule has 0 bridgehead atoms. The second-order valence-corrected chi connectivity index (χ2v) is 10.3. The third-order valence-electron chi connectivity index (χ3n) is 7.79. The van der Waals surface area contributed by atoms with Crippen molar-refractivity contribution in [2.45, 2.75) is 14.0 Å². The van der Waals surface area contributed by atoms with Gasteiger partial charge in [0.25, 0.3) is 0 Å². The maximum atomic E-state index is 13.5. The summed E-state index contributed by atoms with van der Waals surface area (Å²) < 4.78 is 15.6. The summed E-state index contributed by atoms with van der Waals surface area (Å²) in [5.74, 6) is 2.37. The Hall–Kier alpha value is -4.14. The minimum Gasteiger partial charge on any atom is -0.383 e. The van der Waals surface area contributed by atoms with Crippen molar-refractivity contribution in [2.24, 2.45) is 11.8 Å². The van der Waals surface area contributed by atoms with Gasteiger partial charge in [0.05, 0.1) is 11.3 Å². The van der Waals surface area contributed by atoms with Crippen LogP contribution < -0.4 is 11.1 Å². The number of benzene rings is 2. The average Bonchev–Trinajstić information content (AvgIpc) is 3.63. The van der Waals surface area contributed by atoms with Crippen LogP contribution in [-0.4, -0.2) is 50.6 Å². The fourth-order valence-corrected chi connectivity index (χ4v) is 5.86. The molecule has 2 fully saturated rings. The van der Waals surface area contributed by atoms with Crippen LogP contribution >= 0.6 is 0 Å². The lowest BCUT2D eigenvalue weighted by atomic mass is 10.0. The zero-order valence-electron chi connectivity index (χ0n) is 20.9. The van der Waals surface area contributed by atoms with Crippen molar-refractivity contribution in [2.75, 3.05) is 31.9 Å². The number of rotatable bonds is 5. The normalized spacial score (nSPS) is 18.8. The molecule has 5 aromatic rings. The van der Waals surface area contributed by atoms with Gasteiger partial charge < -0.3 is 11.1 Å². The molecule has 7 nitrogen and oxygen atoms in total. The van der Waals surface area contributed by atoms with E-state index in [-0.39, 0.29) is 13.2 Å². The molecular formula is C31H32FN7. The van der Waals surface area contributed by atoms with E-state index in [4.69, 9.17) is 15.7 Å². The van der Waals surface area contributed by atoms with Crippen molar-refractivity contribution in [3.05, 3.63) is 90.4 Å². The lowest BCUT2D eigenvalue weighted by Gasteiger charge is -2.17. The lowest BCUT2D eigenvalue weighted by molar-refractivity contribution is 0.305. The van der Waals surface area contributed by atoms with E-state index < -0.39 is 0 Å². The van der Waals surface area contributed by atoms with Gasteiger partial charge in [0, 0.05) is 37.1 Å². The number of likely N-dealkylation sites (tertiary alicyclic amines) is 1. The van der Waals surface area contributed by atoms with E-state index in [1.165, 1.54) is 17.7 Å². The molecule has 0 saturated carbocycles. The van der Waals surface area contributed by atoms with E-state index in [1.807, 2.05) is 28.8 Å². The Morgan fingerprint density at radius 1 is 0.897 bits per heavy atom. The highest BCUT2D eigenvalue weighted by Gasteiger charge is 2.35. The van der Waals surface area contributed by atoms with E-state index in [0.29, 0.717) is 17.3 Å². The highest BCUT2D eigenvalue weighted by atomic mass is 19.1. The summed E-state index contributed by atoms with van der Waals surface area (Å²) in [6, 6.07) is 22.6. The zero-order chi connectivity index (χ0) is 25.6. The Bertz CT molecular complexity index is 1600. The summed E-state index contributed by atoms with van der Waals surface area (Å²) in [5.41, 5.74) is 12.3. The molecule has 2 aliphatic heterocycles. The van der Waals surface area contributed by atoms with Crippen LogP contribution in [0.1, 0.15) is 13.0 Å². The van der Waals surface area contributed by atoms with E-state index >= 15 is 0 Å². The molecule has 0 spiro atoms. The van der Waals surface area contributed by atoms with Gasteiger partial charge in [-0.3, -0.25) is 9.47 Å². The lowest BCUT2D eigenvalue weighted by Crippen LogP contribution is -2.25. The van der Waals surface area contributed by atoms with E-state index in [0.717, 1.165) is 72.6 Å².